The minimum atomic E-state index is -0.523. The van der Waals surface area contributed by atoms with Gasteiger partial charge in [0.25, 0.3) is 0 Å². The molecule has 5 heteroatoms. The predicted octanol–water partition coefficient (Wildman–Crippen LogP) is 4.24. The molecule has 0 radical (unpaired) electrons. The van der Waals surface area contributed by atoms with E-state index in [-0.39, 0.29) is 6.04 Å². The average molecular weight is 356 g/mol. The third-order valence-corrected chi connectivity index (χ3v) is 3.69. The Morgan fingerprint density at radius 1 is 1.04 bits per heavy atom. The zero-order valence-corrected chi connectivity index (χ0v) is 15.9. The summed E-state index contributed by atoms with van der Waals surface area (Å²) in [5.41, 5.74) is 1.60. The predicted molar refractivity (Wildman–Crippen MR) is 105 cm³/mol. The number of anilines is 1. The Kier molecular flexibility index (Phi) is 6.89. The van der Waals surface area contributed by atoms with Gasteiger partial charge in [0.15, 0.2) is 0 Å². The number of carbonyl (C=O) groups is 1. The maximum absolute atomic E-state index is 12.2. The van der Waals surface area contributed by atoms with E-state index in [1.807, 2.05) is 63.2 Å². The molecular weight excluding hydrogens is 328 g/mol. The van der Waals surface area contributed by atoms with Crippen LogP contribution in [0, 0.1) is 0 Å². The highest BCUT2D eigenvalue weighted by Crippen LogP contribution is 2.15. The standard InChI is InChI=1S/C21H28N2O3/c1-21(2,3)26-20(24)23-18(14-16-8-6-5-7-9-16)15-22-17-10-12-19(25-4)13-11-17/h5-13,18,22H,14-15H2,1-4H3,(H,23,24)/t18-/m0/s1. The number of nitrogens with one attached hydrogen (secondary N) is 2. The van der Waals surface area contributed by atoms with E-state index in [1.54, 1.807) is 7.11 Å². The number of benzene rings is 2. The number of amides is 1. The number of hydrogen-bond donors (Lipinski definition) is 2. The molecule has 2 rings (SSSR count). The van der Waals surface area contributed by atoms with Gasteiger partial charge in [0.1, 0.15) is 11.4 Å². The first-order chi connectivity index (χ1) is 12.4. The number of rotatable bonds is 7. The third-order valence-electron chi connectivity index (χ3n) is 3.69. The molecule has 5 nitrogen and oxygen atoms in total. The zero-order chi connectivity index (χ0) is 19.0. The highest BCUT2D eigenvalue weighted by atomic mass is 16.6. The van der Waals surface area contributed by atoms with Crippen molar-refractivity contribution in [3.63, 3.8) is 0 Å². The van der Waals surface area contributed by atoms with Crippen molar-refractivity contribution >= 4 is 11.8 Å². The molecule has 0 saturated carbocycles. The van der Waals surface area contributed by atoms with Crippen LogP contribution in [0.5, 0.6) is 5.75 Å². The molecule has 1 amide bonds. The molecule has 0 unspecified atom stereocenters. The summed E-state index contributed by atoms with van der Waals surface area (Å²) in [6.07, 6.45) is 0.304. The van der Waals surface area contributed by atoms with Crippen LogP contribution < -0.4 is 15.4 Å². The Morgan fingerprint density at radius 2 is 1.69 bits per heavy atom. The number of hydrogen-bond acceptors (Lipinski definition) is 4. The number of methoxy groups -OCH3 is 1. The van der Waals surface area contributed by atoms with Crippen LogP contribution in [0.3, 0.4) is 0 Å². The smallest absolute Gasteiger partial charge is 0.407 e. The molecule has 0 aliphatic rings. The second-order valence-corrected chi connectivity index (χ2v) is 7.14. The van der Waals surface area contributed by atoms with E-state index in [2.05, 4.69) is 22.8 Å². The quantitative estimate of drug-likeness (QED) is 0.779. The van der Waals surface area contributed by atoms with E-state index in [0.717, 1.165) is 17.0 Å². The topological polar surface area (TPSA) is 59.6 Å². The molecule has 0 aromatic heterocycles. The first kappa shape index (κ1) is 19.6. The highest BCUT2D eigenvalue weighted by Gasteiger charge is 2.19. The summed E-state index contributed by atoms with van der Waals surface area (Å²) in [5, 5.41) is 6.33. The van der Waals surface area contributed by atoms with Gasteiger partial charge in [0.2, 0.25) is 0 Å². The van der Waals surface area contributed by atoms with Crippen LogP contribution in [0.15, 0.2) is 54.6 Å². The minimum Gasteiger partial charge on any atom is -0.497 e. The number of ether oxygens (including phenoxy) is 2. The summed E-state index contributed by atoms with van der Waals surface area (Å²) in [6, 6.07) is 17.7. The molecule has 0 fully saturated rings. The lowest BCUT2D eigenvalue weighted by Crippen LogP contribution is -2.43. The second kappa shape index (κ2) is 9.13. The molecule has 0 aliphatic heterocycles. The van der Waals surface area contributed by atoms with Crippen LogP contribution in [0.25, 0.3) is 0 Å². The van der Waals surface area contributed by atoms with E-state index in [4.69, 9.17) is 9.47 Å². The number of carbonyl (C=O) groups excluding carboxylic acids is 1. The summed E-state index contributed by atoms with van der Waals surface area (Å²) in [4.78, 5) is 12.2. The first-order valence-electron chi connectivity index (χ1n) is 8.77. The molecule has 1 atom stereocenters. The third kappa shape index (κ3) is 7.05. The molecule has 0 bridgehead atoms. The summed E-state index contributed by atoms with van der Waals surface area (Å²) in [6.45, 7) is 6.15. The molecule has 2 aromatic rings. The van der Waals surface area contributed by atoms with Crippen LogP contribution >= 0.6 is 0 Å². The Hall–Kier alpha value is -2.69. The summed E-state index contributed by atoms with van der Waals surface area (Å²) >= 11 is 0. The fourth-order valence-corrected chi connectivity index (χ4v) is 2.50. The number of alkyl carbamates (subject to hydrolysis) is 1. The maximum atomic E-state index is 12.2. The Labute approximate surface area is 155 Å². The van der Waals surface area contributed by atoms with Crippen molar-refractivity contribution in [3.05, 3.63) is 60.2 Å². The van der Waals surface area contributed by atoms with Gasteiger partial charge in [-0.15, -0.1) is 0 Å². The molecule has 2 N–H and O–H groups in total. The lowest BCUT2D eigenvalue weighted by atomic mass is 10.1. The van der Waals surface area contributed by atoms with Gasteiger partial charge in [-0.25, -0.2) is 4.79 Å². The van der Waals surface area contributed by atoms with Crippen LogP contribution in [-0.4, -0.2) is 31.4 Å². The molecular formula is C21H28N2O3. The van der Waals surface area contributed by atoms with Crippen LogP contribution in [0.2, 0.25) is 0 Å². The van der Waals surface area contributed by atoms with Gasteiger partial charge in [0.05, 0.1) is 13.2 Å². The molecule has 0 spiro atoms. The van der Waals surface area contributed by atoms with Crippen molar-refractivity contribution in [3.8, 4) is 5.75 Å². The van der Waals surface area contributed by atoms with Gasteiger partial charge >= 0.3 is 6.09 Å². The molecule has 26 heavy (non-hydrogen) atoms. The Bertz CT molecular complexity index is 679. The van der Waals surface area contributed by atoms with Crippen molar-refractivity contribution in [2.24, 2.45) is 0 Å². The van der Waals surface area contributed by atoms with Gasteiger partial charge in [-0.1, -0.05) is 30.3 Å². The van der Waals surface area contributed by atoms with Gasteiger partial charge < -0.3 is 20.1 Å². The Morgan fingerprint density at radius 3 is 2.27 bits per heavy atom. The van der Waals surface area contributed by atoms with Crippen molar-refractivity contribution in [1.29, 1.82) is 0 Å². The van der Waals surface area contributed by atoms with E-state index < -0.39 is 11.7 Å². The largest absolute Gasteiger partial charge is 0.497 e. The van der Waals surface area contributed by atoms with E-state index in [1.165, 1.54) is 0 Å². The molecule has 140 valence electrons. The van der Waals surface area contributed by atoms with Crippen molar-refractivity contribution in [2.75, 3.05) is 19.0 Å². The molecule has 0 heterocycles. The summed E-state index contributed by atoms with van der Waals surface area (Å²) < 4.78 is 10.6. The SMILES string of the molecule is COc1ccc(NC[C@H](Cc2ccccc2)NC(=O)OC(C)(C)C)cc1. The van der Waals surface area contributed by atoms with E-state index >= 15 is 0 Å². The fourth-order valence-electron chi connectivity index (χ4n) is 2.50. The van der Waals surface area contributed by atoms with Crippen molar-refractivity contribution in [1.82, 2.24) is 5.32 Å². The molecule has 0 aliphatic carbocycles. The minimum absolute atomic E-state index is 0.102. The molecule has 2 aromatic carbocycles. The van der Waals surface area contributed by atoms with Gasteiger partial charge in [-0.05, 0) is 57.0 Å². The summed E-state index contributed by atoms with van der Waals surface area (Å²) in [5.74, 6) is 0.809. The molecule has 0 saturated heterocycles. The zero-order valence-electron chi connectivity index (χ0n) is 15.9. The van der Waals surface area contributed by atoms with Crippen molar-refractivity contribution < 1.29 is 14.3 Å². The van der Waals surface area contributed by atoms with Gasteiger partial charge in [-0.2, -0.15) is 0 Å². The summed E-state index contributed by atoms with van der Waals surface area (Å²) in [7, 11) is 1.64. The lowest BCUT2D eigenvalue weighted by molar-refractivity contribution is 0.0507. The van der Waals surface area contributed by atoms with Crippen LogP contribution in [0.4, 0.5) is 10.5 Å². The highest BCUT2D eigenvalue weighted by molar-refractivity contribution is 5.68. The van der Waals surface area contributed by atoms with Gasteiger partial charge in [-0.3, -0.25) is 0 Å². The van der Waals surface area contributed by atoms with Crippen LogP contribution in [-0.2, 0) is 11.2 Å². The monoisotopic (exact) mass is 356 g/mol. The van der Waals surface area contributed by atoms with Crippen molar-refractivity contribution in [2.45, 2.75) is 38.8 Å². The average Bonchev–Trinajstić information content (AvgIpc) is 2.59. The van der Waals surface area contributed by atoms with E-state index in [9.17, 15) is 4.79 Å². The maximum Gasteiger partial charge on any atom is 0.407 e. The normalized spacial score (nSPS) is 12.2. The van der Waals surface area contributed by atoms with E-state index in [0.29, 0.717) is 13.0 Å². The Balaban J connectivity index is 2.00. The second-order valence-electron chi connectivity index (χ2n) is 7.14. The lowest BCUT2D eigenvalue weighted by Gasteiger charge is -2.24. The van der Waals surface area contributed by atoms with Crippen LogP contribution in [0.1, 0.15) is 26.3 Å². The first-order valence-corrected chi connectivity index (χ1v) is 8.77. The fraction of sp³-hybridized carbons (Fsp3) is 0.381. The van der Waals surface area contributed by atoms with Gasteiger partial charge in [0, 0.05) is 12.2 Å².